The van der Waals surface area contributed by atoms with E-state index >= 15 is 0 Å². The number of halogens is 1. The van der Waals surface area contributed by atoms with E-state index in [0.717, 1.165) is 34.0 Å². The number of aromatic nitrogens is 2. The summed E-state index contributed by atoms with van der Waals surface area (Å²) in [6.07, 6.45) is 3.78. The number of fused-ring (bicyclic) bond motifs is 1. The van der Waals surface area contributed by atoms with Gasteiger partial charge in [0.2, 0.25) is 0 Å². The van der Waals surface area contributed by atoms with Crippen molar-refractivity contribution in [3.8, 4) is 11.1 Å². The predicted octanol–water partition coefficient (Wildman–Crippen LogP) is 3.58. The minimum absolute atomic E-state index is 0.334. The van der Waals surface area contributed by atoms with E-state index in [-0.39, 0.29) is 5.82 Å². The van der Waals surface area contributed by atoms with Crippen molar-refractivity contribution in [3.05, 3.63) is 54.1 Å². The number of hydrogen-bond donors (Lipinski definition) is 1. The van der Waals surface area contributed by atoms with E-state index in [1.807, 2.05) is 31.2 Å². The first-order valence-electron chi connectivity index (χ1n) is 6.48. The summed E-state index contributed by atoms with van der Waals surface area (Å²) < 4.78 is 13.3. The molecule has 0 amide bonds. The largest absolute Gasteiger partial charge is 0.383 e. The molecule has 0 aliphatic rings. The second-order valence-corrected chi connectivity index (χ2v) is 4.65. The molecule has 20 heavy (non-hydrogen) atoms. The lowest BCUT2D eigenvalue weighted by Crippen LogP contribution is -1.97. The Morgan fingerprint density at radius 2 is 2.00 bits per heavy atom. The summed E-state index contributed by atoms with van der Waals surface area (Å²) in [4.78, 5) is 8.43. The van der Waals surface area contributed by atoms with E-state index in [4.69, 9.17) is 5.73 Å². The summed E-state index contributed by atoms with van der Waals surface area (Å²) in [5.41, 5.74) is 9.48. The molecule has 3 nitrogen and oxygen atoms in total. The first-order chi connectivity index (χ1) is 9.69. The number of nitrogen functional groups attached to an aromatic ring is 1. The first-order valence-corrected chi connectivity index (χ1v) is 6.48. The van der Waals surface area contributed by atoms with Gasteiger partial charge in [0.1, 0.15) is 11.6 Å². The number of nitrogens with zero attached hydrogens (tertiary/aromatic N) is 2. The number of hydrogen-bond acceptors (Lipinski definition) is 3. The van der Waals surface area contributed by atoms with Gasteiger partial charge in [0.05, 0.1) is 11.7 Å². The number of anilines is 1. The normalized spacial score (nSPS) is 10.9. The van der Waals surface area contributed by atoms with Gasteiger partial charge in [-0.05, 0) is 24.1 Å². The minimum Gasteiger partial charge on any atom is -0.383 e. The van der Waals surface area contributed by atoms with E-state index in [1.54, 1.807) is 6.20 Å². The van der Waals surface area contributed by atoms with Crippen molar-refractivity contribution < 1.29 is 4.39 Å². The van der Waals surface area contributed by atoms with E-state index in [2.05, 4.69) is 9.97 Å². The second-order valence-electron chi connectivity index (χ2n) is 4.65. The summed E-state index contributed by atoms with van der Waals surface area (Å²) in [6, 6.07) is 9.19. The third-order valence-corrected chi connectivity index (χ3v) is 3.37. The molecule has 0 radical (unpaired) electrons. The maximum Gasteiger partial charge on any atom is 0.142 e. The topological polar surface area (TPSA) is 51.8 Å². The smallest absolute Gasteiger partial charge is 0.142 e. The highest BCUT2D eigenvalue weighted by Gasteiger charge is 2.08. The monoisotopic (exact) mass is 267 g/mol. The number of para-hydroxylation sites is 1. The molecule has 3 aromatic rings. The molecule has 0 unspecified atom stereocenters. The number of aryl methyl sites for hydroxylation is 1. The van der Waals surface area contributed by atoms with Crippen molar-refractivity contribution in [2.24, 2.45) is 0 Å². The molecule has 0 atom stereocenters. The van der Waals surface area contributed by atoms with Crippen molar-refractivity contribution in [1.82, 2.24) is 9.97 Å². The fourth-order valence-electron chi connectivity index (χ4n) is 2.32. The molecule has 0 fully saturated rings. The highest BCUT2D eigenvalue weighted by molar-refractivity contribution is 5.93. The zero-order valence-electron chi connectivity index (χ0n) is 11.1. The van der Waals surface area contributed by atoms with Gasteiger partial charge in [-0.25, -0.2) is 9.37 Å². The van der Waals surface area contributed by atoms with Gasteiger partial charge in [-0.3, -0.25) is 4.98 Å². The molecule has 0 bridgehead atoms. The zero-order chi connectivity index (χ0) is 14.1. The summed E-state index contributed by atoms with van der Waals surface area (Å²) in [5.74, 6) is 0.217. The Kier molecular flexibility index (Phi) is 3.06. The van der Waals surface area contributed by atoms with Gasteiger partial charge in [0.25, 0.3) is 0 Å². The Hall–Kier alpha value is -2.49. The highest BCUT2D eigenvalue weighted by Crippen LogP contribution is 2.28. The van der Waals surface area contributed by atoms with Crippen LogP contribution in [0.15, 0.2) is 42.7 Å². The van der Waals surface area contributed by atoms with Gasteiger partial charge in [-0.15, -0.1) is 0 Å². The van der Waals surface area contributed by atoms with Crippen molar-refractivity contribution >= 4 is 16.7 Å². The number of rotatable bonds is 2. The van der Waals surface area contributed by atoms with Crippen molar-refractivity contribution in [1.29, 1.82) is 0 Å². The van der Waals surface area contributed by atoms with Gasteiger partial charge in [-0.2, -0.15) is 0 Å². The fraction of sp³-hybridized carbons (Fsp3) is 0.125. The minimum atomic E-state index is -0.334. The fourth-order valence-corrected chi connectivity index (χ4v) is 2.32. The zero-order valence-corrected chi connectivity index (χ0v) is 11.1. The molecule has 0 aliphatic carbocycles. The summed E-state index contributed by atoms with van der Waals surface area (Å²) in [5, 5.41) is 0.775. The van der Waals surface area contributed by atoms with E-state index in [9.17, 15) is 4.39 Å². The van der Waals surface area contributed by atoms with Gasteiger partial charge in [-0.1, -0.05) is 25.1 Å². The van der Waals surface area contributed by atoms with Gasteiger partial charge >= 0.3 is 0 Å². The van der Waals surface area contributed by atoms with Gasteiger partial charge in [0, 0.05) is 22.7 Å². The molecule has 2 N–H and O–H groups in total. The SMILES string of the molecule is CCc1cc(-c2cccc3cc(F)cnc23)cnc1N. The van der Waals surface area contributed by atoms with Gasteiger partial charge in [0.15, 0.2) is 0 Å². The quantitative estimate of drug-likeness (QED) is 0.772. The van der Waals surface area contributed by atoms with Crippen LogP contribution in [0.4, 0.5) is 10.2 Å². The van der Waals surface area contributed by atoms with E-state index in [0.29, 0.717) is 5.82 Å². The number of pyridine rings is 2. The average Bonchev–Trinajstić information content (AvgIpc) is 2.47. The third kappa shape index (κ3) is 2.09. The maximum atomic E-state index is 13.3. The van der Waals surface area contributed by atoms with Gasteiger partial charge < -0.3 is 5.73 Å². The summed E-state index contributed by atoms with van der Waals surface area (Å²) >= 11 is 0. The Labute approximate surface area is 116 Å². The molecule has 3 rings (SSSR count). The molecule has 0 saturated carbocycles. The van der Waals surface area contributed by atoms with Crippen LogP contribution in [-0.2, 0) is 6.42 Å². The maximum absolute atomic E-state index is 13.3. The first kappa shape index (κ1) is 12.5. The molecule has 2 heterocycles. The Balaban J connectivity index is 2.24. The van der Waals surface area contributed by atoms with Crippen LogP contribution < -0.4 is 5.73 Å². The highest BCUT2D eigenvalue weighted by atomic mass is 19.1. The lowest BCUT2D eigenvalue weighted by Gasteiger charge is -2.08. The standard InChI is InChI=1S/C16H14FN3/c1-2-10-6-12(8-20-16(10)18)14-5-3-4-11-7-13(17)9-19-15(11)14/h3-9H,2H2,1H3,(H2,18,20). The summed E-state index contributed by atoms with van der Waals surface area (Å²) in [7, 11) is 0. The van der Waals surface area contributed by atoms with Crippen LogP contribution in [0.25, 0.3) is 22.0 Å². The summed E-state index contributed by atoms with van der Waals surface area (Å²) in [6.45, 7) is 2.04. The molecule has 0 saturated heterocycles. The van der Waals surface area contributed by atoms with E-state index in [1.165, 1.54) is 12.3 Å². The molecule has 0 spiro atoms. The number of benzene rings is 1. The molecular formula is C16H14FN3. The molecule has 0 aliphatic heterocycles. The average molecular weight is 267 g/mol. The molecule has 1 aromatic carbocycles. The Morgan fingerprint density at radius 3 is 2.80 bits per heavy atom. The van der Waals surface area contributed by atoms with Crippen LogP contribution in [0.5, 0.6) is 0 Å². The van der Waals surface area contributed by atoms with Crippen LogP contribution in [0.1, 0.15) is 12.5 Å². The molecule has 4 heteroatoms. The van der Waals surface area contributed by atoms with Crippen LogP contribution in [-0.4, -0.2) is 9.97 Å². The van der Waals surface area contributed by atoms with Crippen molar-refractivity contribution in [3.63, 3.8) is 0 Å². The lowest BCUT2D eigenvalue weighted by atomic mass is 10.0. The third-order valence-electron chi connectivity index (χ3n) is 3.37. The van der Waals surface area contributed by atoms with Crippen LogP contribution in [0.2, 0.25) is 0 Å². The Morgan fingerprint density at radius 1 is 1.15 bits per heavy atom. The predicted molar refractivity (Wildman–Crippen MR) is 78.7 cm³/mol. The lowest BCUT2D eigenvalue weighted by molar-refractivity contribution is 0.624. The van der Waals surface area contributed by atoms with Crippen LogP contribution in [0, 0.1) is 5.82 Å². The van der Waals surface area contributed by atoms with E-state index < -0.39 is 0 Å². The van der Waals surface area contributed by atoms with Crippen LogP contribution in [0.3, 0.4) is 0 Å². The molecular weight excluding hydrogens is 253 g/mol. The molecule has 2 aromatic heterocycles. The second kappa shape index (κ2) is 4.89. The number of nitrogens with two attached hydrogens (primary N) is 1. The van der Waals surface area contributed by atoms with Crippen molar-refractivity contribution in [2.75, 3.05) is 5.73 Å². The molecule has 100 valence electrons. The van der Waals surface area contributed by atoms with Crippen LogP contribution >= 0.6 is 0 Å². The van der Waals surface area contributed by atoms with Crippen molar-refractivity contribution in [2.45, 2.75) is 13.3 Å². The Bertz CT molecular complexity index is 784.